The van der Waals surface area contributed by atoms with Crippen molar-refractivity contribution in [1.29, 1.82) is 0 Å². The minimum atomic E-state index is -0.210. The molecule has 0 spiro atoms. The fraction of sp³-hybridized carbons (Fsp3) is 0.478. The summed E-state index contributed by atoms with van der Waals surface area (Å²) in [5.41, 5.74) is 2.00. The predicted octanol–water partition coefficient (Wildman–Crippen LogP) is 2.89. The molecule has 0 saturated carbocycles. The second-order valence-corrected chi connectivity index (χ2v) is 8.07. The molecule has 8 nitrogen and oxygen atoms in total. The number of benzene rings is 1. The van der Waals surface area contributed by atoms with Crippen LogP contribution in [-0.2, 0) is 11.3 Å². The van der Waals surface area contributed by atoms with E-state index in [9.17, 15) is 4.79 Å². The first kappa shape index (κ1) is 21.2. The van der Waals surface area contributed by atoms with Crippen LogP contribution in [0.15, 0.2) is 36.5 Å². The third-order valence-electron chi connectivity index (χ3n) is 5.48. The number of hydrogen-bond donors (Lipinski definition) is 2. The lowest BCUT2D eigenvalue weighted by atomic mass is 9.95. The summed E-state index contributed by atoms with van der Waals surface area (Å²) in [4.78, 5) is 19.3. The van der Waals surface area contributed by atoms with Gasteiger partial charge in [-0.1, -0.05) is 19.9 Å². The summed E-state index contributed by atoms with van der Waals surface area (Å²) in [6.45, 7) is 8.77. The molecule has 0 bridgehead atoms. The Hall–Kier alpha value is -3.00. The van der Waals surface area contributed by atoms with Crippen molar-refractivity contribution in [3.8, 4) is 11.5 Å². The SMILES string of the molecule is CC(C)[C@@H](NC(=O)NCc1ccnc(N2CCOCC2)c1)c1ccc2c(c1)OCCO2. The van der Waals surface area contributed by atoms with Crippen LogP contribution in [0, 0.1) is 5.92 Å². The average molecular weight is 427 g/mol. The number of aromatic nitrogens is 1. The average Bonchev–Trinajstić information content (AvgIpc) is 2.81. The van der Waals surface area contributed by atoms with Gasteiger partial charge in [-0.2, -0.15) is 0 Å². The summed E-state index contributed by atoms with van der Waals surface area (Å²) in [6.07, 6.45) is 1.78. The number of urea groups is 1. The number of nitrogens with zero attached hydrogens (tertiary/aromatic N) is 2. The zero-order chi connectivity index (χ0) is 21.6. The van der Waals surface area contributed by atoms with E-state index in [0.29, 0.717) is 33.0 Å². The summed E-state index contributed by atoms with van der Waals surface area (Å²) >= 11 is 0. The molecule has 166 valence electrons. The first-order valence-corrected chi connectivity index (χ1v) is 10.8. The molecule has 0 unspecified atom stereocenters. The predicted molar refractivity (Wildman–Crippen MR) is 118 cm³/mol. The number of hydrogen-bond acceptors (Lipinski definition) is 6. The lowest BCUT2D eigenvalue weighted by molar-refractivity contribution is 0.122. The van der Waals surface area contributed by atoms with E-state index < -0.39 is 0 Å². The highest BCUT2D eigenvalue weighted by Gasteiger charge is 2.21. The van der Waals surface area contributed by atoms with Gasteiger partial charge in [-0.25, -0.2) is 9.78 Å². The Labute approximate surface area is 182 Å². The van der Waals surface area contributed by atoms with E-state index in [1.165, 1.54) is 0 Å². The fourth-order valence-corrected chi connectivity index (χ4v) is 3.80. The van der Waals surface area contributed by atoms with Gasteiger partial charge < -0.3 is 29.7 Å². The van der Waals surface area contributed by atoms with Crippen LogP contribution in [0.4, 0.5) is 10.6 Å². The summed E-state index contributed by atoms with van der Waals surface area (Å²) in [6, 6.07) is 9.43. The first-order chi connectivity index (χ1) is 15.1. The lowest BCUT2D eigenvalue weighted by Gasteiger charge is -2.28. The van der Waals surface area contributed by atoms with Crippen molar-refractivity contribution < 1.29 is 19.0 Å². The van der Waals surface area contributed by atoms with Gasteiger partial charge in [0, 0.05) is 25.8 Å². The van der Waals surface area contributed by atoms with Crippen LogP contribution < -0.4 is 25.0 Å². The molecule has 0 aliphatic carbocycles. The molecule has 2 aliphatic rings. The topological polar surface area (TPSA) is 85.0 Å². The number of pyridine rings is 1. The number of carbonyl (C=O) groups is 1. The van der Waals surface area contributed by atoms with Gasteiger partial charge in [0.25, 0.3) is 0 Å². The second kappa shape index (κ2) is 9.87. The molecule has 1 fully saturated rings. The molecule has 8 heteroatoms. The van der Waals surface area contributed by atoms with Crippen LogP contribution in [0.5, 0.6) is 11.5 Å². The van der Waals surface area contributed by atoms with E-state index in [1.807, 2.05) is 30.3 Å². The van der Waals surface area contributed by atoms with Crippen LogP contribution in [0.3, 0.4) is 0 Å². The van der Waals surface area contributed by atoms with Crippen molar-refractivity contribution in [2.45, 2.75) is 26.4 Å². The largest absolute Gasteiger partial charge is 0.486 e. The first-order valence-electron chi connectivity index (χ1n) is 10.8. The molecule has 2 N–H and O–H groups in total. The maximum atomic E-state index is 12.7. The van der Waals surface area contributed by atoms with Crippen molar-refractivity contribution in [2.75, 3.05) is 44.4 Å². The molecule has 1 aromatic carbocycles. The number of amides is 2. The highest BCUT2D eigenvalue weighted by Crippen LogP contribution is 2.34. The van der Waals surface area contributed by atoms with E-state index in [-0.39, 0.29) is 18.0 Å². The molecular formula is C23H30N4O4. The monoisotopic (exact) mass is 426 g/mol. The van der Waals surface area contributed by atoms with Gasteiger partial charge in [0.05, 0.1) is 19.3 Å². The summed E-state index contributed by atoms with van der Waals surface area (Å²) in [5, 5.41) is 6.07. The minimum absolute atomic E-state index is 0.142. The molecule has 31 heavy (non-hydrogen) atoms. The molecule has 1 saturated heterocycles. The van der Waals surface area contributed by atoms with Gasteiger partial charge >= 0.3 is 6.03 Å². The molecule has 1 aromatic heterocycles. The molecule has 2 aromatic rings. The highest BCUT2D eigenvalue weighted by molar-refractivity contribution is 5.74. The second-order valence-electron chi connectivity index (χ2n) is 8.07. The van der Waals surface area contributed by atoms with E-state index in [4.69, 9.17) is 14.2 Å². The maximum Gasteiger partial charge on any atom is 0.315 e. The zero-order valence-corrected chi connectivity index (χ0v) is 18.1. The van der Waals surface area contributed by atoms with Gasteiger partial charge in [0.15, 0.2) is 11.5 Å². The summed E-state index contributed by atoms with van der Waals surface area (Å²) in [7, 11) is 0. The third kappa shape index (κ3) is 5.38. The molecule has 2 aliphatic heterocycles. The van der Waals surface area contributed by atoms with E-state index in [0.717, 1.165) is 41.5 Å². The minimum Gasteiger partial charge on any atom is -0.486 e. The van der Waals surface area contributed by atoms with Crippen molar-refractivity contribution in [3.63, 3.8) is 0 Å². The van der Waals surface area contributed by atoms with Crippen molar-refractivity contribution >= 4 is 11.8 Å². The normalized spacial score (nSPS) is 16.7. The smallest absolute Gasteiger partial charge is 0.315 e. The maximum absolute atomic E-state index is 12.7. The standard InChI is InChI=1S/C23H30N4O4/c1-16(2)22(18-3-4-19-20(14-18)31-12-11-30-19)26-23(28)25-15-17-5-6-24-21(13-17)27-7-9-29-10-8-27/h3-6,13-14,16,22H,7-12,15H2,1-2H3,(H2,25,26,28)/t22-/m1/s1. The fourth-order valence-electron chi connectivity index (χ4n) is 3.80. The zero-order valence-electron chi connectivity index (χ0n) is 18.1. The number of ether oxygens (including phenoxy) is 3. The molecule has 4 rings (SSSR count). The van der Waals surface area contributed by atoms with Gasteiger partial charge in [-0.05, 0) is 41.3 Å². The molecular weight excluding hydrogens is 396 g/mol. The number of anilines is 1. The van der Waals surface area contributed by atoms with E-state index in [2.05, 4.69) is 34.4 Å². The number of morpholine rings is 1. The number of rotatable bonds is 6. The molecule has 1 atom stereocenters. The van der Waals surface area contributed by atoms with E-state index >= 15 is 0 Å². The van der Waals surface area contributed by atoms with Crippen LogP contribution >= 0.6 is 0 Å². The number of carbonyl (C=O) groups excluding carboxylic acids is 1. The third-order valence-corrected chi connectivity index (χ3v) is 5.48. The lowest BCUT2D eigenvalue weighted by Crippen LogP contribution is -2.39. The van der Waals surface area contributed by atoms with Gasteiger partial charge in [0.2, 0.25) is 0 Å². The highest BCUT2D eigenvalue weighted by atomic mass is 16.6. The van der Waals surface area contributed by atoms with Gasteiger partial charge in [0.1, 0.15) is 19.0 Å². The molecule has 2 amide bonds. The quantitative estimate of drug-likeness (QED) is 0.739. The Morgan fingerprint density at radius 1 is 1.06 bits per heavy atom. The molecule has 3 heterocycles. The van der Waals surface area contributed by atoms with Crippen LogP contribution in [0.25, 0.3) is 0 Å². The van der Waals surface area contributed by atoms with Crippen LogP contribution in [0.1, 0.15) is 31.0 Å². The number of nitrogens with one attached hydrogen (secondary N) is 2. The van der Waals surface area contributed by atoms with Gasteiger partial charge in [-0.3, -0.25) is 0 Å². The van der Waals surface area contributed by atoms with Gasteiger partial charge in [-0.15, -0.1) is 0 Å². The Balaban J connectivity index is 1.37. The van der Waals surface area contributed by atoms with Crippen LogP contribution in [-0.4, -0.2) is 50.5 Å². The van der Waals surface area contributed by atoms with Crippen molar-refractivity contribution in [2.24, 2.45) is 5.92 Å². The van der Waals surface area contributed by atoms with E-state index in [1.54, 1.807) is 6.20 Å². The Morgan fingerprint density at radius 2 is 1.84 bits per heavy atom. The summed E-state index contributed by atoms with van der Waals surface area (Å²) in [5.74, 6) is 2.60. The Bertz CT molecular complexity index is 899. The Kier molecular flexibility index (Phi) is 6.76. The van der Waals surface area contributed by atoms with Crippen molar-refractivity contribution in [1.82, 2.24) is 15.6 Å². The Morgan fingerprint density at radius 3 is 2.61 bits per heavy atom. The molecule has 0 radical (unpaired) electrons. The van der Waals surface area contributed by atoms with Crippen molar-refractivity contribution in [3.05, 3.63) is 47.7 Å². The summed E-state index contributed by atoms with van der Waals surface area (Å²) < 4.78 is 16.7. The number of fused-ring (bicyclic) bond motifs is 1. The van der Waals surface area contributed by atoms with Crippen LogP contribution in [0.2, 0.25) is 0 Å².